The Morgan fingerprint density at radius 1 is 1.09 bits per heavy atom. The quantitative estimate of drug-likeness (QED) is 0.352. The van der Waals surface area contributed by atoms with Gasteiger partial charge in [0.05, 0.1) is 18.1 Å². The van der Waals surface area contributed by atoms with Gasteiger partial charge in [-0.3, -0.25) is 9.59 Å². The number of Topliss-reactive ketones (excluding diaryl/α,β-unsaturated/α-hetero) is 1. The maximum absolute atomic E-state index is 13.7. The van der Waals surface area contributed by atoms with Gasteiger partial charge >= 0.3 is 5.97 Å². The highest BCUT2D eigenvalue weighted by atomic mass is 16.7. The Morgan fingerprint density at radius 3 is 2.49 bits per heavy atom. The fourth-order valence-electron chi connectivity index (χ4n) is 9.23. The highest BCUT2D eigenvalue weighted by Crippen LogP contribution is 2.71. The highest BCUT2D eigenvalue weighted by molar-refractivity contribution is 5.90. The van der Waals surface area contributed by atoms with Crippen LogP contribution in [0.3, 0.4) is 0 Å². The summed E-state index contributed by atoms with van der Waals surface area (Å²) in [5.74, 6) is -0.447. The number of carbonyl (C=O) groups excluding carboxylic acids is 2. The summed E-state index contributed by atoms with van der Waals surface area (Å²) < 4.78 is 11.1. The predicted octanol–water partition coefficient (Wildman–Crippen LogP) is 0.528. The number of ketones is 1. The van der Waals surface area contributed by atoms with Crippen LogP contribution in [0.15, 0.2) is 0 Å². The molecule has 198 valence electrons. The number of ether oxygens (including phenoxy) is 2. The van der Waals surface area contributed by atoms with Crippen LogP contribution in [0.1, 0.15) is 65.7 Å². The van der Waals surface area contributed by atoms with Gasteiger partial charge < -0.3 is 35.0 Å². The lowest BCUT2D eigenvalue weighted by atomic mass is 9.40. The molecule has 1 saturated heterocycles. The number of rotatable bonds is 3. The second-order valence-electron chi connectivity index (χ2n) is 12.5. The summed E-state index contributed by atoms with van der Waals surface area (Å²) >= 11 is 0. The summed E-state index contributed by atoms with van der Waals surface area (Å²) in [5, 5.41) is 51.3. The van der Waals surface area contributed by atoms with E-state index in [0.717, 1.165) is 19.3 Å². The molecule has 9 heteroatoms. The minimum absolute atomic E-state index is 0.0408. The molecule has 5 fully saturated rings. The molecule has 1 spiro atoms. The van der Waals surface area contributed by atoms with Crippen LogP contribution in [0.25, 0.3) is 0 Å². The van der Waals surface area contributed by atoms with Crippen LogP contribution in [0.4, 0.5) is 0 Å². The van der Waals surface area contributed by atoms with Crippen molar-refractivity contribution < 1.29 is 44.6 Å². The van der Waals surface area contributed by atoms with Gasteiger partial charge in [0, 0.05) is 17.3 Å². The second kappa shape index (κ2) is 8.46. The van der Waals surface area contributed by atoms with Crippen molar-refractivity contribution in [1.82, 2.24) is 0 Å². The number of carbonyl (C=O) groups is 2. The first-order chi connectivity index (χ1) is 16.4. The second-order valence-corrected chi connectivity index (χ2v) is 12.5. The van der Waals surface area contributed by atoms with Crippen molar-refractivity contribution in [3.63, 3.8) is 0 Å². The van der Waals surface area contributed by atoms with Crippen molar-refractivity contribution in [2.45, 2.75) is 103 Å². The first-order valence-corrected chi connectivity index (χ1v) is 13.1. The average molecular weight is 497 g/mol. The van der Waals surface area contributed by atoms with E-state index in [1.54, 1.807) is 0 Å². The van der Waals surface area contributed by atoms with E-state index in [0.29, 0.717) is 25.7 Å². The molecule has 2 bridgehead atoms. The van der Waals surface area contributed by atoms with E-state index in [4.69, 9.17) is 9.47 Å². The zero-order chi connectivity index (χ0) is 25.5. The zero-order valence-corrected chi connectivity index (χ0v) is 20.8. The lowest BCUT2D eigenvalue weighted by Gasteiger charge is -2.63. The molecule has 5 aliphatic rings. The van der Waals surface area contributed by atoms with Gasteiger partial charge in [-0.1, -0.05) is 20.3 Å². The molecule has 0 radical (unpaired) electrons. The van der Waals surface area contributed by atoms with Gasteiger partial charge in [0.1, 0.15) is 30.2 Å². The molecule has 4 aliphatic carbocycles. The fraction of sp³-hybridized carbons (Fsp3) is 0.923. The Kier molecular flexibility index (Phi) is 6.18. The summed E-state index contributed by atoms with van der Waals surface area (Å²) in [6, 6.07) is 0. The number of aliphatic hydroxyl groups excluding tert-OH is 5. The minimum Gasteiger partial charge on any atom is -0.432 e. The Balaban J connectivity index is 1.42. The van der Waals surface area contributed by atoms with E-state index in [9.17, 15) is 35.1 Å². The molecule has 9 nitrogen and oxygen atoms in total. The normalized spacial score (nSPS) is 55.7. The van der Waals surface area contributed by atoms with Crippen molar-refractivity contribution >= 4 is 11.8 Å². The van der Waals surface area contributed by atoms with E-state index in [1.165, 1.54) is 0 Å². The van der Waals surface area contributed by atoms with E-state index in [-0.39, 0.29) is 29.5 Å². The predicted molar refractivity (Wildman–Crippen MR) is 121 cm³/mol. The number of hydrogen-bond donors (Lipinski definition) is 5. The number of hydrogen-bond acceptors (Lipinski definition) is 9. The molecule has 13 unspecified atom stereocenters. The average Bonchev–Trinajstić information content (AvgIpc) is 2.99. The summed E-state index contributed by atoms with van der Waals surface area (Å²) in [7, 11) is 0. The molecular weight excluding hydrogens is 456 g/mol. The molecule has 0 aromatic rings. The van der Waals surface area contributed by atoms with Gasteiger partial charge in [0.25, 0.3) is 0 Å². The molecule has 35 heavy (non-hydrogen) atoms. The smallest absolute Gasteiger partial charge is 0.314 e. The lowest BCUT2D eigenvalue weighted by molar-refractivity contribution is -0.298. The van der Waals surface area contributed by atoms with Gasteiger partial charge in [-0.15, -0.1) is 0 Å². The van der Waals surface area contributed by atoms with Crippen LogP contribution < -0.4 is 0 Å². The van der Waals surface area contributed by atoms with E-state index < -0.39 is 65.6 Å². The third kappa shape index (κ3) is 3.42. The van der Waals surface area contributed by atoms with Crippen LogP contribution in [0.2, 0.25) is 0 Å². The Morgan fingerprint density at radius 2 is 1.80 bits per heavy atom. The Labute approximate surface area is 205 Å². The summed E-state index contributed by atoms with van der Waals surface area (Å²) in [5.41, 5.74) is -1.88. The van der Waals surface area contributed by atoms with Crippen LogP contribution in [0.5, 0.6) is 0 Å². The monoisotopic (exact) mass is 496 g/mol. The van der Waals surface area contributed by atoms with Crippen molar-refractivity contribution in [2.24, 2.45) is 39.9 Å². The van der Waals surface area contributed by atoms with E-state index in [1.807, 2.05) is 13.8 Å². The van der Waals surface area contributed by atoms with Crippen LogP contribution in [-0.4, -0.2) is 80.7 Å². The van der Waals surface area contributed by atoms with Gasteiger partial charge in [0.15, 0.2) is 0 Å². The Hall–Kier alpha value is -1.10. The van der Waals surface area contributed by atoms with E-state index in [2.05, 4.69) is 6.92 Å². The number of aliphatic hydroxyl groups is 5. The lowest BCUT2D eigenvalue weighted by Crippen LogP contribution is -2.64. The van der Waals surface area contributed by atoms with Gasteiger partial charge in [-0.05, 0) is 62.7 Å². The van der Waals surface area contributed by atoms with Gasteiger partial charge in [0.2, 0.25) is 6.29 Å². The zero-order valence-electron chi connectivity index (χ0n) is 20.8. The first-order valence-electron chi connectivity index (χ1n) is 13.1. The maximum Gasteiger partial charge on any atom is 0.314 e. The van der Waals surface area contributed by atoms with E-state index >= 15 is 0 Å². The molecular formula is C26H40O9. The van der Waals surface area contributed by atoms with Crippen molar-refractivity contribution in [3.05, 3.63) is 0 Å². The minimum atomic E-state index is -1.65. The topological polar surface area (TPSA) is 154 Å². The van der Waals surface area contributed by atoms with Gasteiger partial charge in [-0.25, -0.2) is 0 Å². The fourth-order valence-corrected chi connectivity index (χ4v) is 9.23. The molecule has 13 atom stereocenters. The van der Waals surface area contributed by atoms with Crippen molar-refractivity contribution in [2.75, 3.05) is 6.61 Å². The Bertz CT molecular complexity index is 877. The van der Waals surface area contributed by atoms with Gasteiger partial charge in [-0.2, -0.15) is 0 Å². The SMILES string of the molecule is CC1C(=O)C23CCC4C(C)(C(=O)OC5OC(CO)C(O)C(O)C5O)CCCC4(C)C2C(O)CC1C3. The molecule has 0 amide bonds. The van der Waals surface area contributed by atoms with Crippen LogP contribution in [0, 0.1) is 39.9 Å². The van der Waals surface area contributed by atoms with Crippen LogP contribution in [-0.2, 0) is 19.1 Å². The largest absolute Gasteiger partial charge is 0.432 e. The standard InChI is InChI=1S/C26H40O9/c1-12-13-9-14(28)20-24(2)6-4-7-25(3,16(24)5-8-26(20,10-13)21(12)32)23(33)35-22-19(31)18(30)17(29)15(11-27)34-22/h12-20,22,27-31H,4-11H2,1-3H3. The number of esters is 1. The molecule has 5 N–H and O–H groups in total. The molecule has 5 rings (SSSR count). The maximum atomic E-state index is 13.7. The van der Waals surface area contributed by atoms with Crippen molar-refractivity contribution in [1.29, 1.82) is 0 Å². The summed E-state index contributed by atoms with van der Waals surface area (Å²) in [6.45, 7) is 5.37. The van der Waals surface area contributed by atoms with Crippen LogP contribution >= 0.6 is 0 Å². The molecule has 0 aromatic heterocycles. The van der Waals surface area contributed by atoms with Crippen molar-refractivity contribution in [3.8, 4) is 0 Å². The summed E-state index contributed by atoms with van der Waals surface area (Å²) in [6.07, 6.45) is -3.20. The summed E-state index contributed by atoms with van der Waals surface area (Å²) in [4.78, 5) is 27.2. The third-order valence-corrected chi connectivity index (χ3v) is 10.9. The molecule has 0 aromatic carbocycles. The highest BCUT2D eigenvalue weighted by Gasteiger charge is 2.71. The third-order valence-electron chi connectivity index (χ3n) is 10.9. The molecule has 1 aliphatic heterocycles. The number of fused-ring (bicyclic) bond motifs is 3. The first kappa shape index (κ1) is 25.5. The molecule has 1 heterocycles. The molecule has 4 saturated carbocycles.